The molecule has 0 saturated carbocycles. The summed E-state index contributed by atoms with van der Waals surface area (Å²) in [6.45, 7) is 3.24. The molecule has 2 rings (SSSR count). The van der Waals surface area contributed by atoms with Crippen LogP contribution in [0.15, 0.2) is 54.6 Å². The zero-order valence-corrected chi connectivity index (χ0v) is 15.6. The first-order valence-corrected chi connectivity index (χ1v) is 8.98. The number of nitrogens with one attached hydrogen (secondary N) is 2. The molecule has 0 aliphatic heterocycles. The van der Waals surface area contributed by atoms with E-state index in [4.69, 9.17) is 5.73 Å². The summed E-state index contributed by atoms with van der Waals surface area (Å²) >= 11 is 0. The number of anilines is 1. The molecular formula is C21H26FN3O2. The van der Waals surface area contributed by atoms with Gasteiger partial charge in [-0.2, -0.15) is 0 Å². The smallest absolute Gasteiger partial charge is 0.227 e. The SMILES string of the molecule is CC(=O)N[C@@H](Cc1ccccc1)[C@@H](N)C[C@@H](C)C(=O)Nc1ccc(F)cc1. The second-order valence-corrected chi connectivity index (χ2v) is 6.79. The molecule has 144 valence electrons. The summed E-state index contributed by atoms with van der Waals surface area (Å²) in [7, 11) is 0. The van der Waals surface area contributed by atoms with Crippen LogP contribution < -0.4 is 16.4 Å². The lowest BCUT2D eigenvalue weighted by atomic mass is 9.92. The number of amides is 2. The minimum Gasteiger partial charge on any atom is -0.352 e. The van der Waals surface area contributed by atoms with Crippen molar-refractivity contribution in [2.75, 3.05) is 5.32 Å². The van der Waals surface area contributed by atoms with Crippen LogP contribution in [0.3, 0.4) is 0 Å². The number of nitrogens with two attached hydrogens (primary N) is 1. The molecule has 0 aliphatic rings. The van der Waals surface area contributed by atoms with Gasteiger partial charge in [-0.1, -0.05) is 37.3 Å². The summed E-state index contributed by atoms with van der Waals surface area (Å²) in [5.74, 6) is -1.08. The summed E-state index contributed by atoms with van der Waals surface area (Å²) in [5.41, 5.74) is 7.92. The van der Waals surface area contributed by atoms with Crippen molar-refractivity contribution in [1.82, 2.24) is 5.32 Å². The van der Waals surface area contributed by atoms with E-state index < -0.39 is 0 Å². The van der Waals surface area contributed by atoms with Crippen LogP contribution in [0, 0.1) is 11.7 Å². The number of hydrogen-bond acceptors (Lipinski definition) is 3. The van der Waals surface area contributed by atoms with E-state index in [1.807, 2.05) is 30.3 Å². The Bertz CT molecular complexity index is 750. The van der Waals surface area contributed by atoms with Gasteiger partial charge in [0, 0.05) is 30.6 Å². The lowest BCUT2D eigenvalue weighted by molar-refractivity contribution is -0.119. The van der Waals surface area contributed by atoms with Crippen LogP contribution in [0.1, 0.15) is 25.8 Å². The van der Waals surface area contributed by atoms with E-state index >= 15 is 0 Å². The zero-order valence-electron chi connectivity index (χ0n) is 15.6. The van der Waals surface area contributed by atoms with Crippen LogP contribution in [0.4, 0.5) is 10.1 Å². The third-order valence-corrected chi connectivity index (χ3v) is 4.39. The molecule has 0 aliphatic carbocycles. The quantitative estimate of drug-likeness (QED) is 0.667. The first-order valence-electron chi connectivity index (χ1n) is 8.98. The highest BCUT2D eigenvalue weighted by Crippen LogP contribution is 2.15. The predicted octanol–water partition coefficient (Wildman–Crippen LogP) is 2.87. The van der Waals surface area contributed by atoms with Crippen LogP contribution >= 0.6 is 0 Å². The minimum absolute atomic E-state index is 0.158. The number of rotatable bonds is 8. The van der Waals surface area contributed by atoms with E-state index in [9.17, 15) is 14.0 Å². The standard InChI is InChI=1S/C21H26FN3O2/c1-14(21(27)25-18-10-8-17(22)9-11-18)12-19(23)20(24-15(2)26)13-16-6-4-3-5-7-16/h3-11,14,19-20H,12-13,23H2,1-2H3,(H,24,26)(H,25,27)/t14-,19+,20+/m1/s1. The summed E-state index contributed by atoms with van der Waals surface area (Å²) in [6.07, 6.45) is 0.999. The summed E-state index contributed by atoms with van der Waals surface area (Å²) < 4.78 is 13.0. The molecule has 0 aromatic heterocycles. The first kappa shape index (κ1) is 20.6. The molecule has 0 bridgehead atoms. The van der Waals surface area contributed by atoms with Gasteiger partial charge in [-0.3, -0.25) is 9.59 Å². The molecule has 0 heterocycles. The lowest BCUT2D eigenvalue weighted by Crippen LogP contribution is -2.49. The Morgan fingerprint density at radius 3 is 2.30 bits per heavy atom. The molecule has 0 fully saturated rings. The van der Waals surface area contributed by atoms with E-state index in [2.05, 4.69) is 10.6 Å². The van der Waals surface area contributed by atoms with Crippen LogP contribution in [-0.4, -0.2) is 23.9 Å². The van der Waals surface area contributed by atoms with Crippen LogP contribution in [-0.2, 0) is 16.0 Å². The van der Waals surface area contributed by atoms with E-state index in [0.29, 0.717) is 18.5 Å². The predicted molar refractivity (Wildman–Crippen MR) is 105 cm³/mol. The maximum absolute atomic E-state index is 13.0. The van der Waals surface area contributed by atoms with Crippen molar-refractivity contribution in [2.24, 2.45) is 11.7 Å². The lowest BCUT2D eigenvalue weighted by Gasteiger charge is -2.27. The molecule has 2 aromatic carbocycles. The number of carbonyl (C=O) groups is 2. The van der Waals surface area contributed by atoms with E-state index in [0.717, 1.165) is 5.56 Å². The van der Waals surface area contributed by atoms with E-state index in [1.54, 1.807) is 6.92 Å². The average Bonchev–Trinajstić information content (AvgIpc) is 2.63. The number of halogens is 1. The number of benzene rings is 2. The third-order valence-electron chi connectivity index (χ3n) is 4.39. The topological polar surface area (TPSA) is 84.2 Å². The average molecular weight is 371 g/mol. The second-order valence-electron chi connectivity index (χ2n) is 6.79. The van der Waals surface area contributed by atoms with Crippen molar-refractivity contribution < 1.29 is 14.0 Å². The van der Waals surface area contributed by atoms with Gasteiger partial charge in [-0.15, -0.1) is 0 Å². The van der Waals surface area contributed by atoms with E-state index in [-0.39, 0.29) is 35.6 Å². The van der Waals surface area contributed by atoms with Gasteiger partial charge < -0.3 is 16.4 Å². The fraction of sp³-hybridized carbons (Fsp3) is 0.333. The fourth-order valence-corrected chi connectivity index (χ4v) is 2.92. The van der Waals surface area contributed by atoms with Gasteiger partial charge in [-0.05, 0) is 42.7 Å². The highest BCUT2D eigenvalue weighted by atomic mass is 19.1. The Hall–Kier alpha value is -2.73. The second kappa shape index (κ2) is 9.83. The third kappa shape index (κ3) is 6.83. The van der Waals surface area contributed by atoms with Gasteiger partial charge in [0.05, 0.1) is 0 Å². The van der Waals surface area contributed by atoms with Gasteiger partial charge >= 0.3 is 0 Å². The van der Waals surface area contributed by atoms with Crippen molar-refractivity contribution in [1.29, 1.82) is 0 Å². The molecular weight excluding hydrogens is 345 g/mol. The van der Waals surface area contributed by atoms with Crippen LogP contribution in [0.2, 0.25) is 0 Å². The molecule has 27 heavy (non-hydrogen) atoms. The Morgan fingerprint density at radius 2 is 1.70 bits per heavy atom. The zero-order chi connectivity index (χ0) is 19.8. The minimum atomic E-state index is -0.386. The maximum Gasteiger partial charge on any atom is 0.227 e. The van der Waals surface area contributed by atoms with Crippen molar-refractivity contribution in [3.05, 3.63) is 66.0 Å². The van der Waals surface area contributed by atoms with Gasteiger partial charge in [0.25, 0.3) is 0 Å². The Balaban J connectivity index is 1.97. The van der Waals surface area contributed by atoms with Crippen molar-refractivity contribution >= 4 is 17.5 Å². The van der Waals surface area contributed by atoms with Gasteiger partial charge in [0.15, 0.2) is 0 Å². The molecule has 0 saturated heterocycles. The monoisotopic (exact) mass is 371 g/mol. The van der Waals surface area contributed by atoms with Crippen molar-refractivity contribution in [2.45, 2.75) is 38.8 Å². The molecule has 0 unspecified atom stereocenters. The maximum atomic E-state index is 13.0. The molecule has 3 atom stereocenters. The van der Waals surface area contributed by atoms with Gasteiger partial charge in [-0.25, -0.2) is 4.39 Å². The van der Waals surface area contributed by atoms with Crippen molar-refractivity contribution in [3.8, 4) is 0 Å². The summed E-state index contributed by atoms with van der Waals surface area (Å²) in [5, 5.41) is 5.65. The van der Waals surface area contributed by atoms with Crippen molar-refractivity contribution in [3.63, 3.8) is 0 Å². The van der Waals surface area contributed by atoms with Crippen LogP contribution in [0.25, 0.3) is 0 Å². The van der Waals surface area contributed by atoms with Crippen LogP contribution in [0.5, 0.6) is 0 Å². The number of carbonyl (C=O) groups excluding carboxylic acids is 2. The Kier molecular flexibility index (Phi) is 7.49. The summed E-state index contributed by atoms with van der Waals surface area (Å²) in [6, 6.07) is 14.7. The van der Waals surface area contributed by atoms with Gasteiger partial charge in [0.2, 0.25) is 11.8 Å². The highest BCUT2D eigenvalue weighted by Gasteiger charge is 2.24. The fourth-order valence-electron chi connectivity index (χ4n) is 2.92. The largest absolute Gasteiger partial charge is 0.352 e. The Morgan fingerprint density at radius 1 is 1.07 bits per heavy atom. The summed E-state index contributed by atoms with van der Waals surface area (Å²) in [4.78, 5) is 23.9. The highest BCUT2D eigenvalue weighted by molar-refractivity contribution is 5.92. The van der Waals surface area contributed by atoms with E-state index in [1.165, 1.54) is 31.2 Å². The molecule has 2 amide bonds. The molecule has 5 nitrogen and oxygen atoms in total. The molecule has 2 aromatic rings. The molecule has 0 spiro atoms. The van der Waals surface area contributed by atoms with Gasteiger partial charge in [0.1, 0.15) is 5.82 Å². The molecule has 0 radical (unpaired) electrons. The number of hydrogen-bond donors (Lipinski definition) is 3. The first-order chi connectivity index (χ1) is 12.8. The normalized spacial score (nSPS) is 14.1. The molecule has 6 heteroatoms. The molecule has 4 N–H and O–H groups in total. The Labute approximate surface area is 159 Å².